The fraction of sp³-hybridized carbons (Fsp3) is 0.260. The van der Waals surface area contributed by atoms with E-state index in [4.69, 9.17) is 43.5 Å². The molecule has 8 heterocycles. The van der Waals surface area contributed by atoms with Gasteiger partial charge in [-0.1, -0.05) is 71.7 Å². The lowest BCUT2D eigenvalue weighted by atomic mass is 9.98. The number of amides is 2. The molecule has 1 aliphatic carbocycles. The van der Waals surface area contributed by atoms with Gasteiger partial charge in [0.2, 0.25) is 0 Å². The number of ether oxygens (including phenoxy) is 2. The molecule has 0 spiro atoms. The van der Waals surface area contributed by atoms with Gasteiger partial charge in [-0.3, -0.25) is 14.4 Å². The molecule has 8 aromatic rings. The van der Waals surface area contributed by atoms with Gasteiger partial charge in [0, 0.05) is 60.6 Å². The number of benzene rings is 2. The Morgan fingerprint density at radius 2 is 1.21 bits per heavy atom. The van der Waals surface area contributed by atoms with Crippen molar-refractivity contribution in [2.45, 2.75) is 50.2 Å². The minimum atomic E-state index is -1.09. The molecule has 2 fully saturated rings. The molecule has 3 aliphatic rings. The van der Waals surface area contributed by atoms with Crippen LogP contribution in [0.5, 0.6) is 0 Å². The number of thiazole rings is 2. The summed E-state index contributed by atoms with van der Waals surface area (Å²) >= 11 is 14.6. The summed E-state index contributed by atoms with van der Waals surface area (Å²) in [5.41, 5.74) is 12.6. The number of imidazole rings is 2. The molecule has 21 heteroatoms. The van der Waals surface area contributed by atoms with E-state index in [2.05, 4.69) is 44.2 Å². The highest BCUT2D eigenvalue weighted by atomic mass is 35.5. The number of carbonyl (C=O) groups is 5. The molecule has 362 valence electrons. The van der Waals surface area contributed by atoms with Crippen LogP contribution in [0.3, 0.4) is 0 Å². The number of esters is 2. The lowest BCUT2D eigenvalue weighted by Crippen LogP contribution is -2.33. The third-order valence-electron chi connectivity index (χ3n) is 12.7. The van der Waals surface area contributed by atoms with E-state index >= 15 is 0 Å². The predicted octanol–water partition coefficient (Wildman–Crippen LogP) is 8.63. The first-order valence-electron chi connectivity index (χ1n) is 22.6. The number of pyridine rings is 2. The second-order valence-electron chi connectivity index (χ2n) is 17.3. The number of halogens is 2. The summed E-state index contributed by atoms with van der Waals surface area (Å²) < 4.78 is 14.4. The molecule has 0 radical (unpaired) electrons. The van der Waals surface area contributed by atoms with Crippen LogP contribution >= 0.6 is 45.9 Å². The van der Waals surface area contributed by atoms with Crippen LogP contribution in [0.4, 0.5) is 0 Å². The monoisotopic (exact) mass is 1030 g/mol. The molecule has 2 amide bonds. The van der Waals surface area contributed by atoms with Crippen molar-refractivity contribution < 1.29 is 38.6 Å². The summed E-state index contributed by atoms with van der Waals surface area (Å²) in [7, 11) is 0. The highest BCUT2D eigenvalue weighted by molar-refractivity contribution is 7.10. The number of aromatic carboxylic acids is 1. The molecule has 2 aliphatic heterocycles. The summed E-state index contributed by atoms with van der Waals surface area (Å²) in [5, 5.41) is 14.4. The summed E-state index contributed by atoms with van der Waals surface area (Å²) in [5.74, 6) is -2.68. The van der Waals surface area contributed by atoms with Gasteiger partial charge in [-0.2, -0.15) is 0 Å². The Hall–Kier alpha value is -7.03. The van der Waals surface area contributed by atoms with Crippen molar-refractivity contribution in [2.75, 3.05) is 26.3 Å². The standard InChI is InChI=1S/C34H29ClN4O5S.C16H14ClN5O3S/c1-2-43-34(42)28-19-45-32(37-28)29-13-20(15-39(29)33(41)27-17-38-16-21(35)11-12-30(38)36-27)14-31(40)44-18-26-24-9-5-3-7-22(24)23-8-4-6-10-25(23)26;17-8-1-2-13-19-10(6-21(13)4-8)15(23)22-5-9(18)3-12(22)14-20-11(7-26-14)16(24)25/h3-12,16-17,19-20,26,29H,2,13-15,18H2,1H3;1-2,4,6-7,9,12H,3,5,18H2,(H,24,25)/t20-,29-;9-,12+/m01/s1. The number of hydrogen-bond donors (Lipinski definition) is 2. The third-order valence-corrected chi connectivity index (χ3v) is 15.0. The SMILES string of the molecule is CCOC(=O)c1csc([C@@H]2C[C@@H](CC(=O)OCC3c4ccccc4-c4ccccc43)CN2C(=O)c2cn3cc(Cl)ccc3n2)n1.N[C@@H]1C[C@@H](c2nc(C(=O)O)cs2)N(C(=O)c2cn3cc(Cl)ccc3n2)C1. The number of nitrogens with two attached hydrogens (primary N) is 1. The minimum Gasteiger partial charge on any atom is -0.476 e. The lowest BCUT2D eigenvalue weighted by Gasteiger charge is -2.22. The average Bonchev–Trinajstić information content (AvgIpc) is 4.23. The second kappa shape index (κ2) is 20.0. The molecule has 6 aromatic heterocycles. The highest BCUT2D eigenvalue weighted by Crippen LogP contribution is 2.45. The maximum Gasteiger partial charge on any atom is 0.357 e. The summed E-state index contributed by atoms with van der Waals surface area (Å²) in [6.45, 7) is 2.89. The Kier molecular flexibility index (Phi) is 13.4. The van der Waals surface area contributed by atoms with Crippen molar-refractivity contribution in [3.05, 3.63) is 162 Å². The smallest absolute Gasteiger partial charge is 0.357 e. The fourth-order valence-electron chi connectivity index (χ4n) is 9.47. The van der Waals surface area contributed by atoms with E-state index in [0.29, 0.717) is 57.3 Å². The molecule has 3 N–H and O–H groups in total. The van der Waals surface area contributed by atoms with E-state index in [1.54, 1.807) is 80.0 Å². The number of nitrogens with zero attached hydrogens (tertiary/aromatic N) is 8. The van der Waals surface area contributed by atoms with Crippen LogP contribution in [0.1, 0.15) is 107 Å². The number of carboxylic acid groups (broad SMARTS) is 1. The van der Waals surface area contributed by atoms with Gasteiger partial charge in [-0.05, 0) is 72.2 Å². The van der Waals surface area contributed by atoms with Crippen LogP contribution in [-0.4, -0.2) is 106 Å². The number of rotatable bonds is 11. The van der Waals surface area contributed by atoms with Gasteiger partial charge >= 0.3 is 17.9 Å². The molecule has 11 rings (SSSR count). The number of carbonyl (C=O) groups excluding carboxylic acids is 4. The van der Waals surface area contributed by atoms with Gasteiger partial charge in [0.25, 0.3) is 11.8 Å². The topological polar surface area (TPSA) is 217 Å². The first kappa shape index (κ1) is 47.6. The van der Waals surface area contributed by atoms with Crippen molar-refractivity contribution in [1.29, 1.82) is 0 Å². The van der Waals surface area contributed by atoms with E-state index in [0.717, 1.165) is 11.1 Å². The molecule has 17 nitrogen and oxygen atoms in total. The van der Waals surface area contributed by atoms with Gasteiger partial charge in [-0.15, -0.1) is 22.7 Å². The van der Waals surface area contributed by atoms with Crippen LogP contribution < -0.4 is 5.73 Å². The van der Waals surface area contributed by atoms with Crippen molar-refractivity contribution in [3.63, 3.8) is 0 Å². The fourth-order valence-corrected chi connectivity index (χ4v) is 11.6. The third kappa shape index (κ3) is 9.75. The van der Waals surface area contributed by atoms with Crippen LogP contribution in [-0.2, 0) is 14.3 Å². The van der Waals surface area contributed by atoms with Crippen LogP contribution in [0.2, 0.25) is 10.0 Å². The van der Waals surface area contributed by atoms with Gasteiger partial charge in [0.15, 0.2) is 11.4 Å². The summed E-state index contributed by atoms with van der Waals surface area (Å²) in [6.07, 6.45) is 7.79. The highest BCUT2D eigenvalue weighted by Gasteiger charge is 2.41. The largest absolute Gasteiger partial charge is 0.476 e. The van der Waals surface area contributed by atoms with E-state index in [1.807, 2.05) is 24.3 Å². The molecule has 0 saturated carbocycles. The Balaban J connectivity index is 0.000000190. The van der Waals surface area contributed by atoms with Gasteiger partial charge in [0.05, 0.1) is 35.2 Å². The summed E-state index contributed by atoms with van der Waals surface area (Å²) in [6, 6.07) is 22.3. The second-order valence-corrected chi connectivity index (χ2v) is 20.0. The summed E-state index contributed by atoms with van der Waals surface area (Å²) in [4.78, 5) is 84.4. The van der Waals surface area contributed by atoms with Crippen molar-refractivity contribution in [1.82, 2.24) is 38.5 Å². The van der Waals surface area contributed by atoms with Gasteiger partial charge in [0.1, 0.15) is 39.3 Å². The molecular weight excluding hydrogens is 990 g/mol. The van der Waals surface area contributed by atoms with Crippen molar-refractivity contribution >= 4 is 86.9 Å². The Morgan fingerprint density at radius 3 is 1.77 bits per heavy atom. The zero-order valence-electron chi connectivity index (χ0n) is 37.8. The number of hydrogen-bond acceptors (Lipinski definition) is 14. The van der Waals surface area contributed by atoms with Crippen molar-refractivity contribution in [2.24, 2.45) is 11.7 Å². The number of aromatic nitrogens is 6. The van der Waals surface area contributed by atoms with Gasteiger partial charge in [-0.25, -0.2) is 29.5 Å². The molecular formula is C50H43Cl2N9O8S2. The predicted molar refractivity (Wildman–Crippen MR) is 265 cm³/mol. The average molecular weight is 1030 g/mol. The quantitative estimate of drug-likeness (QED) is 0.116. The molecule has 2 aromatic carbocycles. The zero-order valence-corrected chi connectivity index (χ0v) is 40.9. The Bertz CT molecular complexity index is 3330. The molecule has 0 bridgehead atoms. The number of likely N-dealkylation sites (tertiary alicyclic amines) is 2. The first-order valence-corrected chi connectivity index (χ1v) is 25.1. The van der Waals surface area contributed by atoms with E-state index < -0.39 is 18.0 Å². The molecule has 2 saturated heterocycles. The van der Waals surface area contributed by atoms with Crippen LogP contribution in [0.25, 0.3) is 22.4 Å². The minimum absolute atomic E-state index is 0.0276. The maximum atomic E-state index is 13.9. The Morgan fingerprint density at radius 1 is 0.676 bits per heavy atom. The van der Waals surface area contributed by atoms with Crippen molar-refractivity contribution in [3.8, 4) is 11.1 Å². The number of carboxylic acids is 1. The van der Waals surface area contributed by atoms with E-state index in [-0.39, 0.29) is 84.1 Å². The first-order chi connectivity index (χ1) is 34.3. The Labute approximate surface area is 423 Å². The van der Waals surface area contributed by atoms with Gasteiger partial charge < -0.3 is 38.9 Å². The molecule has 0 unspecified atom stereocenters. The lowest BCUT2D eigenvalue weighted by molar-refractivity contribution is -0.145. The normalized spacial score (nSPS) is 18.3. The van der Waals surface area contributed by atoms with E-state index in [1.165, 1.54) is 39.2 Å². The molecule has 4 atom stereocenters. The number of fused-ring (bicyclic) bond motifs is 5. The van der Waals surface area contributed by atoms with E-state index in [9.17, 15) is 24.0 Å². The zero-order chi connectivity index (χ0) is 49.5. The van der Waals surface area contributed by atoms with Crippen LogP contribution in [0, 0.1) is 5.92 Å². The molecule has 71 heavy (non-hydrogen) atoms. The van der Waals surface area contributed by atoms with Crippen LogP contribution in [0.15, 0.2) is 108 Å². The maximum absolute atomic E-state index is 13.9.